The first-order chi connectivity index (χ1) is 22.0. The van der Waals surface area contributed by atoms with Gasteiger partial charge in [-0.05, 0) is 93.5 Å². The second-order valence-corrected chi connectivity index (χ2v) is 16.5. The molecule has 3 saturated heterocycles. The minimum atomic E-state index is -2.59. The number of nitrogens with zero attached hydrogens (tertiary/aromatic N) is 1. The maximum absolute atomic E-state index is 15.3. The average Bonchev–Trinajstić information content (AvgIpc) is 3.50. The second kappa shape index (κ2) is 13.3. The predicted molar refractivity (Wildman–Crippen MR) is 179 cm³/mol. The topological polar surface area (TPSA) is 97.0 Å². The molecule has 244 valence electrons. The van der Waals surface area contributed by atoms with E-state index < -0.39 is 30.8 Å². The highest BCUT2D eigenvalue weighted by Gasteiger charge is 2.51. The molecule has 3 fully saturated rings. The van der Waals surface area contributed by atoms with Crippen LogP contribution in [-0.2, 0) is 18.8 Å². The third kappa shape index (κ3) is 6.64. The zero-order valence-electron chi connectivity index (χ0n) is 26.9. The Morgan fingerprint density at radius 1 is 0.913 bits per heavy atom. The van der Waals surface area contributed by atoms with Crippen LogP contribution in [0.25, 0.3) is 0 Å². The number of carbonyl (C=O) groups is 2. The molecule has 3 heterocycles. The fraction of sp³-hybridized carbons (Fsp3) is 0.444. The summed E-state index contributed by atoms with van der Waals surface area (Å²) in [6.07, 6.45) is 2.35. The molecule has 0 radical (unpaired) electrons. The van der Waals surface area contributed by atoms with Crippen molar-refractivity contribution in [2.75, 3.05) is 50.4 Å². The molecule has 8 nitrogen and oxygen atoms in total. The first-order valence-electron chi connectivity index (χ1n) is 16.1. The van der Waals surface area contributed by atoms with E-state index in [1.807, 2.05) is 43.3 Å². The SMILES string of the molecule is Cc1ccc(NC(=O)C2CC3COCC3N(C(=O)c3c(C)cccc3F)C2c2ccc(NC3CCOCC3)cc2)cc1P(C)(C)=O. The van der Waals surface area contributed by atoms with Gasteiger partial charge in [0.1, 0.15) is 13.0 Å². The number of halogens is 1. The molecule has 4 unspecified atom stereocenters. The van der Waals surface area contributed by atoms with Crippen molar-refractivity contribution in [2.45, 2.75) is 51.2 Å². The van der Waals surface area contributed by atoms with E-state index in [4.69, 9.17) is 9.47 Å². The van der Waals surface area contributed by atoms with E-state index in [1.54, 1.807) is 43.4 Å². The number of piperidine rings is 1. The fourth-order valence-electron chi connectivity index (χ4n) is 7.28. The second-order valence-electron chi connectivity index (χ2n) is 13.3. The van der Waals surface area contributed by atoms with Gasteiger partial charge < -0.3 is 29.6 Å². The van der Waals surface area contributed by atoms with Crippen LogP contribution in [0.5, 0.6) is 0 Å². The van der Waals surface area contributed by atoms with Crippen molar-refractivity contribution in [3.63, 3.8) is 0 Å². The van der Waals surface area contributed by atoms with Crippen LogP contribution >= 0.6 is 7.14 Å². The molecule has 0 bridgehead atoms. The van der Waals surface area contributed by atoms with Gasteiger partial charge in [-0.2, -0.15) is 0 Å². The molecule has 10 heteroatoms. The van der Waals surface area contributed by atoms with Crippen molar-refractivity contribution >= 4 is 35.6 Å². The van der Waals surface area contributed by atoms with Crippen molar-refractivity contribution in [3.8, 4) is 0 Å². The van der Waals surface area contributed by atoms with E-state index in [0.29, 0.717) is 42.2 Å². The molecule has 3 aliphatic heterocycles. The van der Waals surface area contributed by atoms with Crippen LogP contribution in [0.1, 0.15) is 52.4 Å². The number of amides is 2. The first-order valence-corrected chi connectivity index (χ1v) is 18.7. The Balaban J connectivity index is 1.39. The number of carbonyl (C=O) groups excluding carboxylic acids is 2. The van der Waals surface area contributed by atoms with Gasteiger partial charge in [0.15, 0.2) is 0 Å². The summed E-state index contributed by atoms with van der Waals surface area (Å²) >= 11 is 0. The third-order valence-corrected chi connectivity index (χ3v) is 11.3. The summed E-state index contributed by atoms with van der Waals surface area (Å²) in [6, 6.07) is 17.3. The number of ether oxygens (including phenoxy) is 2. The normalized spacial score (nSPS) is 23.5. The number of fused-ring (bicyclic) bond motifs is 1. The molecule has 0 aromatic heterocycles. The van der Waals surface area contributed by atoms with Crippen LogP contribution in [0.3, 0.4) is 0 Å². The van der Waals surface area contributed by atoms with Gasteiger partial charge in [0, 0.05) is 41.9 Å². The molecule has 3 aromatic rings. The Hall–Kier alpha value is -3.52. The van der Waals surface area contributed by atoms with Gasteiger partial charge in [-0.1, -0.05) is 30.3 Å². The van der Waals surface area contributed by atoms with Crippen molar-refractivity contribution < 1.29 is 28.0 Å². The quantitative estimate of drug-likeness (QED) is 0.299. The minimum absolute atomic E-state index is 0.0156. The number of rotatable bonds is 7. The highest BCUT2D eigenvalue weighted by Crippen LogP contribution is 2.46. The van der Waals surface area contributed by atoms with E-state index in [2.05, 4.69) is 10.6 Å². The van der Waals surface area contributed by atoms with Crippen molar-refractivity contribution in [3.05, 3.63) is 88.7 Å². The molecule has 3 aliphatic rings. The first kappa shape index (κ1) is 32.4. The van der Waals surface area contributed by atoms with Gasteiger partial charge in [0.25, 0.3) is 5.91 Å². The molecule has 0 aliphatic carbocycles. The van der Waals surface area contributed by atoms with E-state index in [-0.39, 0.29) is 23.4 Å². The highest BCUT2D eigenvalue weighted by atomic mass is 31.2. The Labute approximate surface area is 270 Å². The van der Waals surface area contributed by atoms with Gasteiger partial charge >= 0.3 is 0 Å². The zero-order chi connectivity index (χ0) is 32.6. The van der Waals surface area contributed by atoms with E-state index in [1.165, 1.54) is 6.07 Å². The smallest absolute Gasteiger partial charge is 0.257 e. The number of nitrogens with one attached hydrogen (secondary N) is 2. The molecule has 0 spiro atoms. The summed E-state index contributed by atoms with van der Waals surface area (Å²) in [5.41, 5.74) is 3.75. The Morgan fingerprint density at radius 2 is 1.63 bits per heavy atom. The van der Waals surface area contributed by atoms with Crippen molar-refractivity contribution in [2.24, 2.45) is 11.8 Å². The van der Waals surface area contributed by atoms with Crippen LogP contribution in [0.15, 0.2) is 60.7 Å². The van der Waals surface area contributed by atoms with Gasteiger partial charge in [0.05, 0.1) is 36.8 Å². The lowest BCUT2D eigenvalue weighted by molar-refractivity contribution is -0.124. The standard InChI is InChI=1S/C36H43FN3O5P/c1-22-8-11-28(19-32(22)46(3,4)43)39-35(41)29-18-25-20-45-21-31(25)40(36(42)33-23(2)6-5-7-30(33)37)34(29)24-9-12-26(13-10-24)38-27-14-16-44-17-15-27/h5-13,19,25,27,29,31,34,38H,14-18,20-21H2,1-4H3,(H,39,41). The van der Waals surface area contributed by atoms with Crippen LogP contribution in [0.4, 0.5) is 15.8 Å². The Morgan fingerprint density at radius 3 is 2.33 bits per heavy atom. The summed E-state index contributed by atoms with van der Waals surface area (Å²) < 4.78 is 39.7. The molecule has 6 rings (SSSR count). The number of hydrogen-bond acceptors (Lipinski definition) is 6. The number of hydrogen-bond donors (Lipinski definition) is 2. The lowest BCUT2D eigenvalue weighted by Crippen LogP contribution is -2.55. The monoisotopic (exact) mass is 647 g/mol. The summed E-state index contributed by atoms with van der Waals surface area (Å²) in [6.45, 7) is 9.26. The fourth-order valence-corrected chi connectivity index (χ4v) is 8.66. The molecule has 2 N–H and O–H groups in total. The summed E-state index contributed by atoms with van der Waals surface area (Å²) in [5.74, 6) is -2.01. The van der Waals surface area contributed by atoms with E-state index >= 15 is 4.39 Å². The van der Waals surface area contributed by atoms with Gasteiger partial charge in [-0.3, -0.25) is 9.59 Å². The number of likely N-dealkylation sites (tertiary alicyclic amines) is 1. The lowest BCUT2D eigenvalue weighted by Gasteiger charge is -2.47. The van der Waals surface area contributed by atoms with E-state index in [9.17, 15) is 14.2 Å². The summed E-state index contributed by atoms with van der Waals surface area (Å²) in [7, 11) is -2.59. The molecule has 46 heavy (non-hydrogen) atoms. The maximum Gasteiger partial charge on any atom is 0.257 e. The molecule has 2 amide bonds. The van der Waals surface area contributed by atoms with Gasteiger partial charge in [-0.25, -0.2) is 4.39 Å². The molecule has 4 atom stereocenters. The third-order valence-electron chi connectivity index (χ3n) is 9.67. The van der Waals surface area contributed by atoms with Gasteiger partial charge in [-0.15, -0.1) is 0 Å². The number of aryl methyl sites for hydroxylation is 2. The molecule has 3 aromatic carbocycles. The molecule has 0 saturated carbocycles. The maximum atomic E-state index is 15.3. The van der Waals surface area contributed by atoms with Crippen molar-refractivity contribution in [1.82, 2.24) is 4.90 Å². The summed E-state index contributed by atoms with van der Waals surface area (Å²) in [4.78, 5) is 30.5. The van der Waals surface area contributed by atoms with Crippen LogP contribution < -0.4 is 15.9 Å². The number of benzene rings is 3. The predicted octanol–water partition coefficient (Wildman–Crippen LogP) is 6.14. The van der Waals surface area contributed by atoms with Crippen LogP contribution in [-0.4, -0.2) is 68.6 Å². The summed E-state index contributed by atoms with van der Waals surface area (Å²) in [5, 5.41) is 7.38. The minimum Gasteiger partial charge on any atom is -0.382 e. The van der Waals surface area contributed by atoms with E-state index in [0.717, 1.165) is 42.9 Å². The number of anilines is 2. The Kier molecular flexibility index (Phi) is 9.38. The molecular weight excluding hydrogens is 604 g/mol. The van der Waals surface area contributed by atoms with Crippen LogP contribution in [0.2, 0.25) is 0 Å². The largest absolute Gasteiger partial charge is 0.382 e. The zero-order valence-corrected chi connectivity index (χ0v) is 27.8. The Bertz CT molecular complexity index is 1630. The average molecular weight is 648 g/mol. The van der Waals surface area contributed by atoms with Crippen molar-refractivity contribution in [1.29, 1.82) is 0 Å². The van der Waals surface area contributed by atoms with Gasteiger partial charge in [0.2, 0.25) is 5.91 Å². The van der Waals surface area contributed by atoms with Crippen LogP contribution in [0, 0.1) is 31.5 Å². The molecular formula is C36H43FN3O5P. The lowest BCUT2D eigenvalue weighted by atomic mass is 9.76. The highest BCUT2D eigenvalue weighted by molar-refractivity contribution is 7.70.